The van der Waals surface area contributed by atoms with E-state index in [9.17, 15) is 10.2 Å². The molecular formula is C34H36N2O2S2. The molecule has 0 atom stereocenters. The highest BCUT2D eigenvalue weighted by Gasteiger charge is 2.04. The Labute approximate surface area is 246 Å². The largest absolute Gasteiger partial charge is 0.507 e. The van der Waals surface area contributed by atoms with Gasteiger partial charge in [-0.05, 0) is 86.3 Å². The minimum absolute atomic E-state index is 0.247. The molecule has 4 aromatic rings. The van der Waals surface area contributed by atoms with Gasteiger partial charge in [0.15, 0.2) is 0 Å². The van der Waals surface area contributed by atoms with Crippen molar-refractivity contribution in [2.75, 3.05) is 13.1 Å². The van der Waals surface area contributed by atoms with Gasteiger partial charge in [0.2, 0.25) is 0 Å². The fraction of sp³-hybridized carbons (Fsp3) is 0.235. The quantitative estimate of drug-likeness (QED) is 0.0963. The monoisotopic (exact) mass is 568 g/mol. The molecule has 0 saturated heterocycles. The number of benzene rings is 4. The molecule has 2 N–H and O–H groups in total. The lowest BCUT2D eigenvalue weighted by Crippen LogP contribution is -1.92. The Bertz CT molecular complexity index is 1320. The van der Waals surface area contributed by atoms with Gasteiger partial charge < -0.3 is 10.2 Å². The maximum Gasteiger partial charge on any atom is 0.124 e. The van der Waals surface area contributed by atoms with Gasteiger partial charge in [-0.2, -0.15) is 0 Å². The Morgan fingerprint density at radius 1 is 0.575 bits per heavy atom. The highest BCUT2D eigenvalue weighted by atomic mass is 32.2. The number of nitrogens with zero attached hydrogens (tertiary/aromatic N) is 2. The van der Waals surface area contributed by atoms with Crippen molar-refractivity contribution in [1.29, 1.82) is 0 Å². The zero-order valence-corrected chi connectivity index (χ0v) is 24.7. The van der Waals surface area contributed by atoms with Gasteiger partial charge in [-0.1, -0.05) is 47.5 Å². The van der Waals surface area contributed by atoms with Crippen molar-refractivity contribution in [3.63, 3.8) is 0 Å². The molecule has 0 unspecified atom stereocenters. The van der Waals surface area contributed by atoms with E-state index >= 15 is 0 Å². The van der Waals surface area contributed by atoms with Crippen LogP contribution in [0.2, 0.25) is 0 Å². The second kappa shape index (κ2) is 15.3. The molecule has 4 nitrogen and oxygen atoms in total. The molecule has 0 bridgehead atoms. The number of unbranched alkanes of at least 4 members (excludes halogenated alkanes) is 1. The van der Waals surface area contributed by atoms with E-state index in [1.807, 2.05) is 24.3 Å². The van der Waals surface area contributed by atoms with E-state index in [1.54, 1.807) is 48.1 Å². The van der Waals surface area contributed by atoms with E-state index in [-0.39, 0.29) is 11.5 Å². The molecular weight excluding hydrogens is 533 g/mol. The Kier molecular flexibility index (Phi) is 11.3. The molecule has 0 amide bonds. The van der Waals surface area contributed by atoms with Crippen LogP contribution >= 0.6 is 23.5 Å². The summed E-state index contributed by atoms with van der Waals surface area (Å²) in [6, 6.07) is 28.5. The van der Waals surface area contributed by atoms with Crippen molar-refractivity contribution >= 4 is 36.0 Å². The van der Waals surface area contributed by atoms with Crippen LogP contribution < -0.4 is 0 Å². The molecule has 0 heterocycles. The van der Waals surface area contributed by atoms with E-state index in [0.717, 1.165) is 46.6 Å². The Hall–Kier alpha value is -3.48. The number of phenols is 2. The van der Waals surface area contributed by atoms with E-state index in [1.165, 1.54) is 20.9 Å². The van der Waals surface area contributed by atoms with Gasteiger partial charge in [-0.25, -0.2) is 0 Å². The van der Waals surface area contributed by atoms with Gasteiger partial charge >= 0.3 is 0 Å². The van der Waals surface area contributed by atoms with Crippen molar-refractivity contribution in [1.82, 2.24) is 0 Å². The summed E-state index contributed by atoms with van der Waals surface area (Å²) >= 11 is 3.56. The van der Waals surface area contributed by atoms with E-state index in [2.05, 4.69) is 72.4 Å². The van der Waals surface area contributed by atoms with Gasteiger partial charge in [0.25, 0.3) is 0 Å². The molecule has 206 valence electrons. The summed E-state index contributed by atoms with van der Waals surface area (Å²) in [4.78, 5) is 11.5. The number of hydrogen-bond donors (Lipinski definition) is 2. The van der Waals surface area contributed by atoms with Crippen LogP contribution in [0.25, 0.3) is 0 Å². The van der Waals surface area contributed by atoms with Crippen LogP contribution in [-0.2, 0) is 11.5 Å². The highest BCUT2D eigenvalue weighted by Crippen LogP contribution is 2.27. The first-order valence-corrected chi connectivity index (χ1v) is 15.5. The highest BCUT2D eigenvalue weighted by molar-refractivity contribution is 7.98. The average Bonchev–Trinajstić information content (AvgIpc) is 2.96. The van der Waals surface area contributed by atoms with Crippen LogP contribution in [0.4, 0.5) is 0 Å². The van der Waals surface area contributed by atoms with Crippen molar-refractivity contribution in [2.45, 2.75) is 48.0 Å². The topological polar surface area (TPSA) is 65.2 Å². The zero-order valence-electron chi connectivity index (χ0n) is 23.1. The first kappa shape index (κ1) is 29.5. The fourth-order valence-corrected chi connectivity index (χ4v) is 5.61. The second-order valence-electron chi connectivity index (χ2n) is 9.77. The molecule has 0 fully saturated rings. The summed E-state index contributed by atoms with van der Waals surface area (Å²) in [6.45, 7) is 5.53. The maximum atomic E-state index is 10.2. The maximum absolute atomic E-state index is 10.2. The molecule has 40 heavy (non-hydrogen) atoms. The Morgan fingerprint density at radius 2 is 0.975 bits per heavy atom. The summed E-state index contributed by atoms with van der Waals surface area (Å²) in [5.41, 5.74) is 6.31. The standard InChI is InChI=1S/C34H36N2O2S2/c1-25-5-11-31(12-6-25)39-23-27-9-15-33(37)29(19-27)21-35-17-3-4-18-36-22-30-20-28(10-16-34(30)38)24-40-32-13-7-26(2)8-14-32/h5-16,19-22,37-38H,3-4,17-18,23-24H2,1-2H3. The van der Waals surface area contributed by atoms with Crippen LogP contribution in [-0.4, -0.2) is 35.7 Å². The molecule has 0 spiro atoms. The Balaban J connectivity index is 1.19. The molecule has 0 saturated carbocycles. The lowest BCUT2D eigenvalue weighted by molar-refractivity contribution is 0.473. The zero-order chi connectivity index (χ0) is 28.2. The predicted molar refractivity (Wildman–Crippen MR) is 172 cm³/mol. The summed E-state index contributed by atoms with van der Waals surface area (Å²) < 4.78 is 0. The fourth-order valence-electron chi connectivity index (χ4n) is 3.93. The van der Waals surface area contributed by atoms with Crippen molar-refractivity contribution in [3.8, 4) is 11.5 Å². The number of aromatic hydroxyl groups is 2. The van der Waals surface area contributed by atoms with Gasteiger partial charge in [0.05, 0.1) is 0 Å². The number of phenolic OH excluding ortho intramolecular Hbond substituents is 2. The predicted octanol–water partition coefficient (Wildman–Crippen LogP) is 8.62. The molecule has 0 aliphatic carbocycles. The Morgan fingerprint density at radius 3 is 1.38 bits per heavy atom. The minimum Gasteiger partial charge on any atom is -0.507 e. The van der Waals surface area contributed by atoms with Crippen LogP contribution in [0.5, 0.6) is 11.5 Å². The SMILES string of the molecule is Cc1ccc(SCc2ccc(O)c(C=NCCCCN=Cc3cc(CSc4ccc(C)cc4)ccc3O)c2)cc1. The third-order valence-electron chi connectivity index (χ3n) is 6.32. The normalized spacial score (nSPS) is 11.6. The van der Waals surface area contributed by atoms with Crippen LogP contribution in [0, 0.1) is 13.8 Å². The van der Waals surface area contributed by atoms with Gasteiger partial charge in [0.1, 0.15) is 11.5 Å². The van der Waals surface area contributed by atoms with Gasteiger partial charge in [-0.15, -0.1) is 23.5 Å². The second-order valence-corrected chi connectivity index (χ2v) is 11.9. The van der Waals surface area contributed by atoms with E-state index in [0.29, 0.717) is 13.1 Å². The first-order valence-electron chi connectivity index (χ1n) is 13.5. The van der Waals surface area contributed by atoms with Crippen molar-refractivity contribution in [3.05, 3.63) is 118 Å². The van der Waals surface area contributed by atoms with Gasteiger partial charge in [0, 0.05) is 57.9 Å². The summed E-state index contributed by atoms with van der Waals surface area (Å²) in [6.07, 6.45) is 5.32. The number of rotatable bonds is 13. The first-order chi connectivity index (χ1) is 19.5. The lowest BCUT2D eigenvalue weighted by Gasteiger charge is -2.06. The smallest absolute Gasteiger partial charge is 0.124 e. The molecule has 6 heteroatoms. The molecule has 0 radical (unpaired) electrons. The third-order valence-corrected chi connectivity index (χ3v) is 8.49. The van der Waals surface area contributed by atoms with Gasteiger partial charge in [-0.3, -0.25) is 9.98 Å². The summed E-state index contributed by atoms with van der Waals surface area (Å²) in [5, 5.41) is 20.5. The van der Waals surface area contributed by atoms with Crippen molar-refractivity contribution in [2.24, 2.45) is 9.98 Å². The van der Waals surface area contributed by atoms with Crippen molar-refractivity contribution < 1.29 is 10.2 Å². The molecule has 0 aliphatic heterocycles. The van der Waals surface area contributed by atoms with E-state index < -0.39 is 0 Å². The summed E-state index contributed by atoms with van der Waals surface area (Å²) in [7, 11) is 0. The number of aliphatic imine (C=N–C) groups is 2. The molecule has 0 aromatic heterocycles. The van der Waals surface area contributed by atoms with Crippen LogP contribution in [0.15, 0.2) is 105 Å². The number of aryl methyl sites for hydroxylation is 2. The number of hydrogen-bond acceptors (Lipinski definition) is 6. The molecule has 4 rings (SSSR count). The van der Waals surface area contributed by atoms with Crippen LogP contribution in [0.3, 0.4) is 0 Å². The molecule has 4 aromatic carbocycles. The summed E-state index contributed by atoms with van der Waals surface area (Å²) in [5.74, 6) is 2.17. The van der Waals surface area contributed by atoms with Crippen LogP contribution in [0.1, 0.15) is 46.2 Å². The van der Waals surface area contributed by atoms with E-state index in [4.69, 9.17) is 0 Å². The third kappa shape index (κ3) is 9.61. The minimum atomic E-state index is 0.247. The number of thioether (sulfide) groups is 2. The lowest BCUT2D eigenvalue weighted by atomic mass is 10.1. The molecule has 0 aliphatic rings. The average molecular weight is 569 g/mol.